The van der Waals surface area contributed by atoms with E-state index in [0.717, 1.165) is 18.4 Å². The number of ether oxygens (including phenoxy) is 1. The number of carbonyl (C=O) groups excluding carboxylic acids is 4. The van der Waals surface area contributed by atoms with Gasteiger partial charge in [0.2, 0.25) is 11.8 Å². The van der Waals surface area contributed by atoms with Gasteiger partial charge in [-0.2, -0.15) is 0 Å². The molecule has 0 saturated carbocycles. The van der Waals surface area contributed by atoms with E-state index in [9.17, 15) is 19.2 Å². The summed E-state index contributed by atoms with van der Waals surface area (Å²) in [6.45, 7) is 7.23. The number of hydrogen-bond donors (Lipinski definition) is 1. The Morgan fingerprint density at radius 2 is 1.87 bits per heavy atom. The molecule has 4 rings (SSSR count). The van der Waals surface area contributed by atoms with Gasteiger partial charge in [0.15, 0.2) is 0 Å². The minimum atomic E-state index is -0.588. The van der Waals surface area contributed by atoms with Gasteiger partial charge in [0.1, 0.15) is 11.6 Å². The molecule has 8 nitrogen and oxygen atoms in total. The van der Waals surface area contributed by atoms with Gasteiger partial charge in [0.25, 0.3) is 5.91 Å². The fourth-order valence-corrected chi connectivity index (χ4v) is 5.59. The highest BCUT2D eigenvalue weighted by atomic mass is 32.1. The maximum atomic E-state index is 12.9. The van der Waals surface area contributed by atoms with Crippen molar-refractivity contribution in [2.75, 3.05) is 13.1 Å². The Bertz CT molecular complexity index is 895. The third kappa shape index (κ3) is 3.95. The van der Waals surface area contributed by atoms with E-state index in [4.69, 9.17) is 4.74 Å². The standard InChI is InChI=1S/C21H27N3O5S/c1-21(2,3)29-20(28)23-8-6-12(7-9-23)17-13-10-24(19(27)14(13)11-30-17)15-4-5-16(25)22-18(15)26/h11-12,15H,4-10H2,1-3H3,(H,22,25,26). The third-order valence-corrected chi connectivity index (χ3v) is 7.04. The van der Waals surface area contributed by atoms with Crippen molar-refractivity contribution in [2.45, 2.75) is 70.6 Å². The number of fused-ring (bicyclic) bond motifs is 1. The second-order valence-corrected chi connectivity index (χ2v) is 10.0. The van der Waals surface area contributed by atoms with Crippen LogP contribution in [0.25, 0.3) is 0 Å². The summed E-state index contributed by atoms with van der Waals surface area (Å²) >= 11 is 1.59. The molecule has 0 bridgehead atoms. The molecule has 30 heavy (non-hydrogen) atoms. The van der Waals surface area contributed by atoms with Crippen LogP contribution in [0.4, 0.5) is 4.79 Å². The topological polar surface area (TPSA) is 96.0 Å². The first-order chi connectivity index (χ1) is 14.1. The van der Waals surface area contributed by atoms with Crippen LogP contribution in [-0.2, 0) is 20.9 Å². The lowest BCUT2D eigenvalue weighted by Crippen LogP contribution is -2.52. The van der Waals surface area contributed by atoms with Crippen molar-refractivity contribution in [1.82, 2.24) is 15.1 Å². The van der Waals surface area contributed by atoms with E-state index in [-0.39, 0.29) is 36.2 Å². The number of nitrogens with zero attached hydrogens (tertiary/aromatic N) is 2. The molecular weight excluding hydrogens is 406 g/mol. The van der Waals surface area contributed by atoms with Crippen LogP contribution in [0.2, 0.25) is 0 Å². The Balaban J connectivity index is 1.42. The number of rotatable bonds is 2. The van der Waals surface area contributed by atoms with Crippen LogP contribution < -0.4 is 5.32 Å². The maximum Gasteiger partial charge on any atom is 0.410 e. The van der Waals surface area contributed by atoms with Gasteiger partial charge in [-0.1, -0.05) is 0 Å². The lowest BCUT2D eigenvalue weighted by Gasteiger charge is -2.33. The molecule has 2 saturated heterocycles. The van der Waals surface area contributed by atoms with E-state index in [0.29, 0.717) is 31.6 Å². The molecule has 3 aliphatic heterocycles. The first kappa shape index (κ1) is 20.8. The number of hydrogen-bond acceptors (Lipinski definition) is 6. The minimum absolute atomic E-state index is 0.131. The first-order valence-corrected chi connectivity index (χ1v) is 11.2. The van der Waals surface area contributed by atoms with Crippen LogP contribution in [-0.4, -0.2) is 58.3 Å². The van der Waals surface area contributed by atoms with Crippen molar-refractivity contribution in [2.24, 2.45) is 0 Å². The minimum Gasteiger partial charge on any atom is -0.444 e. The summed E-state index contributed by atoms with van der Waals surface area (Å²) < 4.78 is 5.47. The van der Waals surface area contributed by atoms with E-state index in [1.165, 1.54) is 4.88 Å². The molecule has 0 aliphatic carbocycles. The summed E-state index contributed by atoms with van der Waals surface area (Å²) in [5.74, 6) is -0.518. The summed E-state index contributed by atoms with van der Waals surface area (Å²) in [5, 5.41) is 4.22. The van der Waals surface area contributed by atoms with Crippen molar-refractivity contribution in [3.63, 3.8) is 0 Å². The molecule has 4 heterocycles. The predicted octanol–water partition coefficient (Wildman–Crippen LogP) is 2.62. The highest BCUT2D eigenvalue weighted by Crippen LogP contribution is 2.41. The fourth-order valence-electron chi connectivity index (χ4n) is 4.36. The molecule has 1 unspecified atom stereocenters. The summed E-state index contributed by atoms with van der Waals surface area (Å²) in [4.78, 5) is 53.4. The molecule has 0 aromatic carbocycles. The van der Waals surface area contributed by atoms with Gasteiger partial charge >= 0.3 is 6.09 Å². The predicted molar refractivity (Wildman–Crippen MR) is 110 cm³/mol. The van der Waals surface area contributed by atoms with Crippen molar-refractivity contribution >= 4 is 35.2 Å². The molecule has 1 atom stereocenters. The monoisotopic (exact) mass is 433 g/mol. The number of piperidine rings is 2. The fraction of sp³-hybridized carbons (Fsp3) is 0.619. The normalized spacial score (nSPS) is 22.9. The van der Waals surface area contributed by atoms with Gasteiger partial charge in [-0.25, -0.2) is 4.79 Å². The largest absolute Gasteiger partial charge is 0.444 e. The van der Waals surface area contributed by atoms with E-state index >= 15 is 0 Å². The van der Waals surface area contributed by atoms with Crippen LogP contribution in [0.15, 0.2) is 5.38 Å². The summed E-state index contributed by atoms with van der Waals surface area (Å²) in [5.41, 5.74) is 1.17. The smallest absolute Gasteiger partial charge is 0.410 e. The Labute approximate surface area is 179 Å². The average molecular weight is 434 g/mol. The second-order valence-electron chi connectivity index (χ2n) is 9.13. The summed E-state index contributed by atoms with van der Waals surface area (Å²) in [6, 6.07) is -0.588. The molecule has 1 aromatic heterocycles. The number of nitrogens with one attached hydrogen (secondary N) is 1. The van der Waals surface area contributed by atoms with E-state index < -0.39 is 11.6 Å². The van der Waals surface area contributed by atoms with Gasteiger partial charge in [0.05, 0.1) is 5.56 Å². The van der Waals surface area contributed by atoms with E-state index in [1.807, 2.05) is 26.2 Å². The van der Waals surface area contributed by atoms with Crippen molar-refractivity contribution < 1.29 is 23.9 Å². The Morgan fingerprint density at radius 3 is 2.50 bits per heavy atom. The Morgan fingerprint density at radius 1 is 1.17 bits per heavy atom. The highest BCUT2D eigenvalue weighted by molar-refractivity contribution is 7.10. The van der Waals surface area contributed by atoms with Gasteiger partial charge in [-0.3, -0.25) is 19.7 Å². The molecule has 0 spiro atoms. The first-order valence-electron chi connectivity index (χ1n) is 10.4. The second kappa shape index (κ2) is 7.68. The molecule has 3 aliphatic rings. The van der Waals surface area contributed by atoms with E-state index in [1.54, 1.807) is 21.1 Å². The van der Waals surface area contributed by atoms with Crippen LogP contribution in [0.1, 0.15) is 73.2 Å². The van der Waals surface area contributed by atoms with Crippen molar-refractivity contribution in [3.05, 3.63) is 21.4 Å². The molecule has 1 N–H and O–H groups in total. The number of likely N-dealkylation sites (tertiary alicyclic amines) is 1. The summed E-state index contributed by atoms with van der Waals surface area (Å²) in [7, 11) is 0. The average Bonchev–Trinajstić information content (AvgIpc) is 3.21. The van der Waals surface area contributed by atoms with Gasteiger partial charge in [-0.05, 0) is 51.5 Å². The Kier molecular flexibility index (Phi) is 5.34. The van der Waals surface area contributed by atoms with E-state index in [2.05, 4.69) is 5.32 Å². The lowest BCUT2D eigenvalue weighted by atomic mass is 9.92. The maximum absolute atomic E-state index is 12.9. The van der Waals surface area contributed by atoms with Crippen LogP contribution in [0.3, 0.4) is 0 Å². The quantitative estimate of drug-likeness (QED) is 0.724. The van der Waals surface area contributed by atoms with Gasteiger partial charge in [-0.15, -0.1) is 11.3 Å². The highest BCUT2D eigenvalue weighted by Gasteiger charge is 2.41. The van der Waals surface area contributed by atoms with Gasteiger partial charge in [0, 0.05) is 36.3 Å². The molecule has 2 fully saturated rings. The van der Waals surface area contributed by atoms with Crippen LogP contribution in [0.5, 0.6) is 0 Å². The molecular formula is C21H27N3O5S. The number of carbonyl (C=O) groups is 4. The number of thiophene rings is 1. The van der Waals surface area contributed by atoms with Gasteiger partial charge < -0.3 is 14.5 Å². The lowest BCUT2D eigenvalue weighted by molar-refractivity contribution is -0.136. The molecule has 162 valence electrons. The molecule has 9 heteroatoms. The molecule has 0 radical (unpaired) electrons. The zero-order valence-corrected chi connectivity index (χ0v) is 18.3. The SMILES string of the molecule is CC(C)(C)OC(=O)N1CCC(c2scc3c2CN(C2CCC(=O)NC2=O)C3=O)CC1. The van der Waals surface area contributed by atoms with Crippen molar-refractivity contribution in [3.8, 4) is 0 Å². The number of imide groups is 1. The molecule has 4 amide bonds. The van der Waals surface area contributed by atoms with Crippen LogP contribution >= 0.6 is 11.3 Å². The zero-order valence-electron chi connectivity index (χ0n) is 17.5. The van der Waals surface area contributed by atoms with Crippen molar-refractivity contribution in [1.29, 1.82) is 0 Å². The third-order valence-electron chi connectivity index (χ3n) is 5.85. The van der Waals surface area contributed by atoms with Crippen LogP contribution in [0, 0.1) is 0 Å². The molecule has 1 aromatic rings. The number of amides is 4. The zero-order chi connectivity index (χ0) is 21.6. The Hall–Kier alpha value is -2.42. The summed E-state index contributed by atoms with van der Waals surface area (Å²) in [6.07, 6.45) is 1.98.